The van der Waals surface area contributed by atoms with Gasteiger partial charge in [0, 0.05) is 24.0 Å². The molecule has 0 saturated heterocycles. The molecule has 0 bridgehead atoms. The Labute approximate surface area is 133 Å². The summed E-state index contributed by atoms with van der Waals surface area (Å²) in [6.07, 6.45) is 4.61. The Kier molecular flexibility index (Phi) is 6.75. The first-order chi connectivity index (χ1) is 9.58. The molecule has 4 nitrogen and oxygen atoms in total. The number of nitrogens with zero attached hydrogens (tertiary/aromatic N) is 1. The second kappa shape index (κ2) is 7.85. The SMILES string of the molecule is CCn1c(C)cc(C(=O)NC2CCCCC2CN)c1C.Cl. The molecule has 3 N–H and O–H groups in total. The Bertz CT molecular complexity index is 484. The highest BCUT2D eigenvalue weighted by atomic mass is 35.5. The van der Waals surface area contributed by atoms with Crippen LogP contribution in [0.15, 0.2) is 6.07 Å². The van der Waals surface area contributed by atoms with E-state index in [4.69, 9.17) is 5.73 Å². The highest BCUT2D eigenvalue weighted by Crippen LogP contribution is 2.24. The summed E-state index contributed by atoms with van der Waals surface area (Å²) in [5.74, 6) is 0.491. The van der Waals surface area contributed by atoms with Crippen LogP contribution in [0.25, 0.3) is 0 Å². The van der Waals surface area contributed by atoms with Gasteiger partial charge in [0.1, 0.15) is 0 Å². The lowest BCUT2D eigenvalue weighted by atomic mass is 9.84. The highest BCUT2D eigenvalue weighted by molar-refractivity contribution is 5.95. The number of hydrogen-bond acceptors (Lipinski definition) is 2. The lowest BCUT2D eigenvalue weighted by molar-refractivity contribution is 0.0907. The van der Waals surface area contributed by atoms with Gasteiger partial charge in [-0.1, -0.05) is 12.8 Å². The normalized spacial score (nSPS) is 21.7. The number of nitrogens with two attached hydrogens (primary N) is 1. The van der Waals surface area contributed by atoms with Crippen molar-refractivity contribution in [3.8, 4) is 0 Å². The van der Waals surface area contributed by atoms with Crippen LogP contribution >= 0.6 is 12.4 Å². The van der Waals surface area contributed by atoms with Crippen LogP contribution in [0, 0.1) is 19.8 Å². The first kappa shape index (κ1) is 18.1. The first-order valence-corrected chi connectivity index (χ1v) is 7.76. The van der Waals surface area contributed by atoms with Gasteiger partial charge >= 0.3 is 0 Å². The largest absolute Gasteiger partial charge is 0.349 e. The Balaban J connectivity index is 0.00000220. The first-order valence-electron chi connectivity index (χ1n) is 7.76. The molecule has 1 aliphatic rings. The Morgan fingerprint density at radius 3 is 2.62 bits per heavy atom. The topological polar surface area (TPSA) is 60.0 Å². The molecule has 0 spiro atoms. The summed E-state index contributed by atoms with van der Waals surface area (Å²) in [7, 11) is 0. The Hall–Kier alpha value is -1.00. The van der Waals surface area contributed by atoms with Crippen molar-refractivity contribution in [2.24, 2.45) is 11.7 Å². The minimum absolute atomic E-state index is 0. The molecule has 1 heterocycles. The third-order valence-corrected chi connectivity index (χ3v) is 4.66. The predicted molar refractivity (Wildman–Crippen MR) is 89.1 cm³/mol. The van der Waals surface area contributed by atoms with Crippen molar-refractivity contribution in [3.63, 3.8) is 0 Å². The summed E-state index contributed by atoms with van der Waals surface area (Å²) in [5.41, 5.74) is 8.85. The fourth-order valence-electron chi connectivity index (χ4n) is 3.44. The van der Waals surface area contributed by atoms with E-state index in [0.29, 0.717) is 12.5 Å². The molecule has 0 aromatic carbocycles. The van der Waals surface area contributed by atoms with E-state index in [1.807, 2.05) is 13.0 Å². The van der Waals surface area contributed by atoms with Gasteiger partial charge in [0.2, 0.25) is 0 Å². The molecular formula is C16H28ClN3O. The van der Waals surface area contributed by atoms with Crippen molar-refractivity contribution in [2.75, 3.05) is 6.54 Å². The van der Waals surface area contributed by atoms with Gasteiger partial charge in [-0.3, -0.25) is 4.79 Å². The molecule has 0 aliphatic heterocycles. The molecule has 2 atom stereocenters. The molecule has 0 radical (unpaired) electrons. The maximum absolute atomic E-state index is 12.5. The standard InChI is InChI=1S/C16H27N3O.ClH/c1-4-19-11(2)9-14(12(19)3)16(20)18-15-8-6-5-7-13(15)10-17;/h9,13,15H,4-8,10,17H2,1-3H3,(H,18,20);1H. The lowest BCUT2D eigenvalue weighted by Gasteiger charge is -2.31. The molecule has 1 saturated carbocycles. The van der Waals surface area contributed by atoms with Gasteiger partial charge in [0.15, 0.2) is 0 Å². The predicted octanol–water partition coefficient (Wildman–Crippen LogP) is 2.79. The summed E-state index contributed by atoms with van der Waals surface area (Å²) in [4.78, 5) is 12.5. The van der Waals surface area contributed by atoms with Gasteiger partial charge in [-0.15, -0.1) is 12.4 Å². The van der Waals surface area contributed by atoms with Crippen LogP contribution < -0.4 is 11.1 Å². The zero-order valence-electron chi connectivity index (χ0n) is 13.3. The van der Waals surface area contributed by atoms with Gasteiger partial charge in [0.05, 0.1) is 5.56 Å². The van der Waals surface area contributed by atoms with E-state index in [1.54, 1.807) is 0 Å². The molecule has 2 rings (SSSR count). The summed E-state index contributed by atoms with van der Waals surface area (Å²) in [6, 6.07) is 2.24. The van der Waals surface area contributed by atoms with Gasteiger partial charge in [0.25, 0.3) is 5.91 Å². The van der Waals surface area contributed by atoms with Crippen molar-refractivity contribution in [1.82, 2.24) is 9.88 Å². The fourth-order valence-corrected chi connectivity index (χ4v) is 3.44. The highest BCUT2D eigenvalue weighted by Gasteiger charge is 2.26. The number of hydrogen-bond donors (Lipinski definition) is 2. The van der Waals surface area contributed by atoms with Crippen LogP contribution in [0.3, 0.4) is 0 Å². The van der Waals surface area contributed by atoms with E-state index >= 15 is 0 Å². The van der Waals surface area contributed by atoms with Crippen LogP contribution in [-0.2, 0) is 6.54 Å². The van der Waals surface area contributed by atoms with Crippen molar-refractivity contribution in [2.45, 2.75) is 59.0 Å². The molecule has 1 fully saturated rings. The second-order valence-electron chi connectivity index (χ2n) is 5.89. The van der Waals surface area contributed by atoms with Gasteiger partial charge in [-0.2, -0.15) is 0 Å². The summed E-state index contributed by atoms with van der Waals surface area (Å²) in [6.45, 7) is 7.75. The van der Waals surface area contributed by atoms with Gasteiger partial charge < -0.3 is 15.6 Å². The zero-order chi connectivity index (χ0) is 14.7. The number of carbonyl (C=O) groups excluding carboxylic acids is 1. The molecule has 1 amide bonds. The number of rotatable bonds is 4. The van der Waals surface area contributed by atoms with Crippen LogP contribution in [0.4, 0.5) is 0 Å². The summed E-state index contributed by atoms with van der Waals surface area (Å²) in [5, 5.41) is 3.21. The average Bonchev–Trinajstić information content (AvgIpc) is 2.74. The van der Waals surface area contributed by atoms with Crippen molar-refractivity contribution in [1.29, 1.82) is 0 Å². The molecule has 21 heavy (non-hydrogen) atoms. The quantitative estimate of drug-likeness (QED) is 0.898. The number of nitrogens with one attached hydrogen (secondary N) is 1. The third-order valence-electron chi connectivity index (χ3n) is 4.66. The van der Waals surface area contributed by atoms with E-state index in [0.717, 1.165) is 36.3 Å². The fraction of sp³-hybridized carbons (Fsp3) is 0.688. The van der Waals surface area contributed by atoms with Crippen LogP contribution in [0.5, 0.6) is 0 Å². The Morgan fingerprint density at radius 1 is 1.38 bits per heavy atom. The van der Waals surface area contributed by atoms with Gasteiger partial charge in [-0.05, 0) is 52.1 Å². The lowest BCUT2D eigenvalue weighted by Crippen LogP contribution is -2.44. The monoisotopic (exact) mass is 313 g/mol. The van der Waals surface area contributed by atoms with E-state index in [9.17, 15) is 4.79 Å². The molecule has 1 aromatic rings. The maximum atomic E-state index is 12.5. The van der Waals surface area contributed by atoms with Crippen molar-refractivity contribution >= 4 is 18.3 Å². The van der Waals surface area contributed by atoms with E-state index in [-0.39, 0.29) is 24.4 Å². The Morgan fingerprint density at radius 2 is 2.05 bits per heavy atom. The number of aromatic nitrogens is 1. The van der Waals surface area contributed by atoms with E-state index < -0.39 is 0 Å². The zero-order valence-corrected chi connectivity index (χ0v) is 14.1. The number of amides is 1. The molecule has 1 aliphatic carbocycles. The minimum Gasteiger partial charge on any atom is -0.349 e. The molecule has 120 valence electrons. The summed E-state index contributed by atoms with van der Waals surface area (Å²) >= 11 is 0. The third kappa shape index (κ3) is 3.80. The van der Waals surface area contributed by atoms with Crippen LogP contribution in [0.1, 0.15) is 54.4 Å². The molecule has 1 aromatic heterocycles. The van der Waals surface area contributed by atoms with E-state index in [2.05, 4.69) is 23.7 Å². The molecule has 5 heteroatoms. The average molecular weight is 314 g/mol. The van der Waals surface area contributed by atoms with Crippen molar-refractivity contribution < 1.29 is 4.79 Å². The second-order valence-corrected chi connectivity index (χ2v) is 5.89. The molecule has 2 unspecified atom stereocenters. The number of carbonyl (C=O) groups is 1. The summed E-state index contributed by atoms with van der Waals surface area (Å²) < 4.78 is 2.18. The maximum Gasteiger partial charge on any atom is 0.253 e. The smallest absolute Gasteiger partial charge is 0.253 e. The van der Waals surface area contributed by atoms with E-state index in [1.165, 1.54) is 12.8 Å². The number of aryl methyl sites for hydroxylation is 1. The van der Waals surface area contributed by atoms with Crippen LogP contribution in [-0.4, -0.2) is 23.1 Å². The van der Waals surface area contributed by atoms with Gasteiger partial charge in [-0.25, -0.2) is 0 Å². The van der Waals surface area contributed by atoms with Crippen LogP contribution in [0.2, 0.25) is 0 Å². The molecular weight excluding hydrogens is 286 g/mol. The minimum atomic E-state index is 0. The number of halogens is 1. The van der Waals surface area contributed by atoms with Crippen molar-refractivity contribution in [3.05, 3.63) is 23.0 Å².